The summed E-state index contributed by atoms with van der Waals surface area (Å²) in [4.78, 5) is 60.1. The van der Waals surface area contributed by atoms with Crippen LogP contribution in [0.4, 0.5) is 0 Å². The van der Waals surface area contributed by atoms with E-state index in [0.717, 1.165) is 32.2 Å². The maximum Gasteiger partial charge on any atom is 0.249 e. The van der Waals surface area contributed by atoms with Crippen LogP contribution in [0.15, 0.2) is 11.6 Å². The van der Waals surface area contributed by atoms with Gasteiger partial charge in [0.2, 0.25) is 23.6 Å². The van der Waals surface area contributed by atoms with E-state index >= 15 is 0 Å². The molecule has 0 saturated carbocycles. The summed E-state index contributed by atoms with van der Waals surface area (Å²) in [6.45, 7) is 21.1. The van der Waals surface area contributed by atoms with Crippen LogP contribution in [0.3, 0.4) is 0 Å². The molecule has 2 fully saturated rings. The molecule has 5 atom stereocenters. The first kappa shape index (κ1) is 38.7. The van der Waals surface area contributed by atoms with Crippen LogP contribution in [0.25, 0.3) is 0 Å². The molecule has 0 radical (unpaired) electrons. The summed E-state index contributed by atoms with van der Waals surface area (Å²) in [6, 6.07) is -2.10. The van der Waals surface area contributed by atoms with Gasteiger partial charge in [-0.25, -0.2) is 0 Å². The molecule has 10 heteroatoms. The van der Waals surface area contributed by atoms with E-state index in [1.54, 1.807) is 23.8 Å². The van der Waals surface area contributed by atoms with Gasteiger partial charge >= 0.3 is 0 Å². The van der Waals surface area contributed by atoms with Crippen molar-refractivity contribution in [3.8, 4) is 0 Å². The van der Waals surface area contributed by atoms with Gasteiger partial charge in [0.1, 0.15) is 12.1 Å². The third kappa shape index (κ3) is 10.5. The second-order valence-electron chi connectivity index (χ2n) is 15.4. The predicted octanol–water partition coefficient (Wildman–Crippen LogP) is 3.72. The molecule has 0 aromatic heterocycles. The van der Waals surface area contributed by atoms with Gasteiger partial charge in [0.25, 0.3) is 0 Å². The SMILES string of the molecule is C/C(=C\[C@H](C(C)C)N(C)C(=O)C(NC(=O)[C@H]1CCCCN1C(C)C)C(C)(C)C)C(=O)N1CCC[C@H]1C(=O)N[C@@H](CO)CC(C)C. The average molecular weight is 634 g/mol. The highest BCUT2D eigenvalue weighted by atomic mass is 16.3. The lowest BCUT2D eigenvalue weighted by Crippen LogP contribution is -2.60. The topological polar surface area (TPSA) is 122 Å². The number of aliphatic hydroxyl groups excluding tert-OH is 1. The van der Waals surface area contributed by atoms with Crippen LogP contribution in [-0.4, -0.2) is 106 Å². The number of nitrogens with zero attached hydrogens (tertiary/aromatic N) is 3. The van der Waals surface area contributed by atoms with Crippen LogP contribution >= 0.6 is 0 Å². The molecular weight excluding hydrogens is 570 g/mol. The summed E-state index contributed by atoms with van der Waals surface area (Å²) < 4.78 is 0. The highest BCUT2D eigenvalue weighted by Gasteiger charge is 2.40. The Kier molecular flexibility index (Phi) is 14.6. The first-order chi connectivity index (χ1) is 20.9. The van der Waals surface area contributed by atoms with E-state index in [1.807, 2.05) is 54.5 Å². The molecule has 0 aliphatic carbocycles. The number of rotatable bonds is 13. The standard InChI is InChI=1S/C35H63N5O5/c1-22(2)19-26(21-41)36-31(42)28-16-14-18-40(28)33(44)25(7)20-29(23(3)4)38(11)34(45)30(35(8,9)10)37-32(43)27-15-12-13-17-39(27)24(5)6/h20,22-24,26-30,41H,12-19,21H2,1-11H3,(H,36,42)(H,37,43)/b25-20+/t26-,27-,28+,29-,30?/m1/s1. The van der Waals surface area contributed by atoms with E-state index in [0.29, 0.717) is 30.9 Å². The number of amides is 4. The highest BCUT2D eigenvalue weighted by Crippen LogP contribution is 2.27. The lowest BCUT2D eigenvalue weighted by Gasteiger charge is -2.41. The van der Waals surface area contributed by atoms with Crippen LogP contribution in [-0.2, 0) is 19.2 Å². The van der Waals surface area contributed by atoms with Crippen molar-refractivity contribution in [3.05, 3.63) is 11.6 Å². The Balaban J connectivity index is 2.25. The molecule has 2 heterocycles. The number of carbonyl (C=O) groups is 4. The number of aliphatic hydroxyl groups is 1. The number of hydrogen-bond donors (Lipinski definition) is 3. The number of likely N-dealkylation sites (tertiary alicyclic amines) is 2. The van der Waals surface area contributed by atoms with Gasteiger partial charge in [0.05, 0.1) is 24.7 Å². The Hall–Kier alpha value is -2.46. The van der Waals surface area contributed by atoms with Crippen molar-refractivity contribution in [1.82, 2.24) is 25.3 Å². The van der Waals surface area contributed by atoms with Gasteiger partial charge in [0, 0.05) is 25.2 Å². The molecule has 0 aromatic rings. The van der Waals surface area contributed by atoms with E-state index in [9.17, 15) is 24.3 Å². The molecule has 1 unspecified atom stereocenters. The summed E-state index contributed by atoms with van der Waals surface area (Å²) in [6.07, 6.45) is 6.61. The van der Waals surface area contributed by atoms with Gasteiger partial charge in [-0.3, -0.25) is 24.1 Å². The van der Waals surface area contributed by atoms with Crippen LogP contribution in [0.5, 0.6) is 0 Å². The predicted molar refractivity (Wildman–Crippen MR) is 179 cm³/mol. The van der Waals surface area contributed by atoms with Crippen molar-refractivity contribution in [3.63, 3.8) is 0 Å². The van der Waals surface area contributed by atoms with Crippen molar-refractivity contribution in [2.45, 2.75) is 144 Å². The third-order valence-corrected chi connectivity index (χ3v) is 9.28. The second-order valence-corrected chi connectivity index (χ2v) is 15.4. The van der Waals surface area contributed by atoms with Crippen LogP contribution in [0, 0.1) is 17.3 Å². The minimum atomic E-state index is -0.742. The molecule has 3 N–H and O–H groups in total. The fourth-order valence-electron chi connectivity index (χ4n) is 6.72. The van der Waals surface area contributed by atoms with Gasteiger partial charge in [-0.1, -0.05) is 61.0 Å². The van der Waals surface area contributed by atoms with Crippen LogP contribution < -0.4 is 10.6 Å². The Morgan fingerprint density at radius 2 is 1.51 bits per heavy atom. The third-order valence-electron chi connectivity index (χ3n) is 9.28. The largest absolute Gasteiger partial charge is 0.394 e. The first-order valence-corrected chi connectivity index (χ1v) is 17.1. The van der Waals surface area contributed by atoms with E-state index in [4.69, 9.17) is 0 Å². The van der Waals surface area contributed by atoms with Gasteiger partial charge in [0.15, 0.2) is 0 Å². The minimum Gasteiger partial charge on any atom is -0.394 e. The molecular formula is C35H63N5O5. The summed E-state index contributed by atoms with van der Waals surface area (Å²) in [5.41, 5.74) is -0.0629. The molecule has 2 aliphatic rings. The number of carbonyl (C=O) groups excluding carboxylic acids is 4. The Morgan fingerprint density at radius 3 is 2.04 bits per heavy atom. The monoisotopic (exact) mass is 633 g/mol. The van der Waals surface area contributed by atoms with Crippen molar-refractivity contribution in [2.24, 2.45) is 17.3 Å². The number of likely N-dealkylation sites (N-methyl/N-ethyl adjacent to an activating group) is 1. The Bertz CT molecular complexity index is 1050. The lowest BCUT2D eigenvalue weighted by atomic mass is 9.84. The molecule has 258 valence electrons. The number of nitrogens with one attached hydrogen (secondary N) is 2. The normalized spacial score (nSPS) is 22.0. The molecule has 2 saturated heterocycles. The Labute approximate surface area is 272 Å². The summed E-state index contributed by atoms with van der Waals surface area (Å²) >= 11 is 0. The smallest absolute Gasteiger partial charge is 0.249 e. The van der Waals surface area contributed by atoms with Crippen molar-refractivity contribution in [2.75, 3.05) is 26.7 Å². The molecule has 0 spiro atoms. The van der Waals surface area contributed by atoms with Gasteiger partial charge in [-0.15, -0.1) is 0 Å². The molecule has 2 aliphatic heterocycles. The minimum absolute atomic E-state index is 0.00758. The first-order valence-electron chi connectivity index (χ1n) is 17.1. The Morgan fingerprint density at radius 1 is 0.911 bits per heavy atom. The van der Waals surface area contributed by atoms with Crippen LogP contribution in [0.1, 0.15) is 108 Å². The fourth-order valence-corrected chi connectivity index (χ4v) is 6.72. The van der Waals surface area contributed by atoms with Gasteiger partial charge in [-0.05, 0) is 76.7 Å². The maximum absolute atomic E-state index is 14.1. The lowest BCUT2D eigenvalue weighted by molar-refractivity contribution is -0.142. The van der Waals surface area contributed by atoms with E-state index in [-0.39, 0.29) is 54.3 Å². The number of piperidine rings is 1. The van der Waals surface area contributed by atoms with E-state index in [2.05, 4.69) is 29.4 Å². The zero-order valence-corrected chi connectivity index (χ0v) is 30.0. The summed E-state index contributed by atoms with van der Waals surface area (Å²) in [5, 5.41) is 15.8. The average Bonchev–Trinajstić information content (AvgIpc) is 3.46. The van der Waals surface area contributed by atoms with Crippen molar-refractivity contribution < 1.29 is 24.3 Å². The number of hydrogen-bond acceptors (Lipinski definition) is 6. The van der Waals surface area contributed by atoms with Gasteiger partial charge < -0.3 is 25.5 Å². The molecule has 4 amide bonds. The zero-order chi connectivity index (χ0) is 34.2. The highest BCUT2D eigenvalue weighted by molar-refractivity contribution is 5.97. The molecule has 10 nitrogen and oxygen atoms in total. The maximum atomic E-state index is 14.1. The molecule has 0 aromatic carbocycles. The zero-order valence-electron chi connectivity index (χ0n) is 30.0. The molecule has 45 heavy (non-hydrogen) atoms. The van der Waals surface area contributed by atoms with E-state index < -0.39 is 23.5 Å². The summed E-state index contributed by atoms with van der Waals surface area (Å²) in [5.74, 6) is -0.462. The van der Waals surface area contributed by atoms with Crippen molar-refractivity contribution >= 4 is 23.6 Å². The molecule has 2 rings (SSSR count). The fraction of sp³-hybridized carbons (Fsp3) is 0.829. The molecule has 0 bridgehead atoms. The van der Waals surface area contributed by atoms with Crippen LogP contribution in [0.2, 0.25) is 0 Å². The van der Waals surface area contributed by atoms with Crippen molar-refractivity contribution in [1.29, 1.82) is 0 Å². The quantitative estimate of drug-likeness (QED) is 0.266. The summed E-state index contributed by atoms with van der Waals surface area (Å²) in [7, 11) is 1.74. The van der Waals surface area contributed by atoms with E-state index in [1.165, 1.54) is 0 Å². The van der Waals surface area contributed by atoms with Gasteiger partial charge in [-0.2, -0.15) is 0 Å². The second kappa shape index (κ2) is 16.9.